The van der Waals surface area contributed by atoms with Crippen molar-refractivity contribution >= 4 is 50.1 Å². The molecule has 0 aliphatic heterocycles. The van der Waals surface area contributed by atoms with E-state index in [1.54, 1.807) is 0 Å². The van der Waals surface area contributed by atoms with Crippen molar-refractivity contribution in [3.63, 3.8) is 0 Å². The minimum Gasteiger partial charge on any atom is -0.456 e. The lowest BCUT2D eigenvalue weighted by atomic mass is 10.0. The van der Waals surface area contributed by atoms with Gasteiger partial charge in [-0.15, -0.1) is 0 Å². The van der Waals surface area contributed by atoms with Crippen molar-refractivity contribution in [1.29, 1.82) is 0 Å². The summed E-state index contributed by atoms with van der Waals surface area (Å²) in [5, 5.41) is 2.22. The number of hydrogen-bond donors (Lipinski definition) is 0. The van der Waals surface area contributed by atoms with Crippen molar-refractivity contribution in [2.45, 2.75) is 0 Å². The Morgan fingerprint density at radius 1 is 0.404 bits per heavy atom. The quantitative estimate of drug-likeness (QED) is 0.189. The third-order valence-electron chi connectivity index (χ3n) is 8.70. The van der Waals surface area contributed by atoms with Crippen LogP contribution in [0.5, 0.6) is 0 Å². The first-order valence-corrected chi connectivity index (χ1v) is 15.7. The van der Waals surface area contributed by atoms with Gasteiger partial charge >= 0.3 is 0 Å². The van der Waals surface area contributed by atoms with Crippen molar-refractivity contribution in [3.8, 4) is 33.7 Å². The zero-order valence-corrected chi connectivity index (χ0v) is 25.4. The average Bonchev–Trinajstić information content (AvgIpc) is 3.75. The lowest BCUT2D eigenvalue weighted by Gasteiger charge is -2.26. The maximum absolute atomic E-state index is 6.35. The van der Waals surface area contributed by atoms with Crippen LogP contribution in [0.15, 0.2) is 179 Å². The molecule has 7 aromatic carbocycles. The SMILES string of the molecule is c1ccc(-c2cccc(N(c3ccc(-c4cccc5nc(-c6ccccc6)oc45)cc3)c3ccc4c(c3)oc3ccccc34)c2)cc1. The monoisotopic (exact) mass is 604 g/mol. The molecule has 2 aromatic heterocycles. The minimum absolute atomic E-state index is 0.620. The summed E-state index contributed by atoms with van der Waals surface area (Å²) in [5.41, 5.74) is 11.8. The molecule has 4 nitrogen and oxygen atoms in total. The second kappa shape index (κ2) is 11.2. The molecule has 0 saturated heterocycles. The summed E-state index contributed by atoms with van der Waals surface area (Å²) in [6.07, 6.45) is 0. The normalized spacial score (nSPS) is 11.4. The van der Waals surface area contributed by atoms with Gasteiger partial charge in [0, 0.05) is 45.0 Å². The first-order chi connectivity index (χ1) is 23.3. The molecule has 0 amide bonds. The van der Waals surface area contributed by atoms with Crippen LogP contribution in [-0.4, -0.2) is 4.98 Å². The molecule has 0 aliphatic rings. The first kappa shape index (κ1) is 27.0. The highest BCUT2D eigenvalue weighted by molar-refractivity contribution is 6.06. The Labute approximate surface area is 271 Å². The third kappa shape index (κ3) is 4.84. The lowest BCUT2D eigenvalue weighted by molar-refractivity contribution is 0.621. The lowest BCUT2D eigenvalue weighted by Crippen LogP contribution is -2.10. The molecule has 0 saturated carbocycles. The van der Waals surface area contributed by atoms with E-state index in [-0.39, 0.29) is 0 Å². The second-order valence-electron chi connectivity index (χ2n) is 11.6. The number of para-hydroxylation sites is 2. The molecule has 47 heavy (non-hydrogen) atoms. The van der Waals surface area contributed by atoms with Gasteiger partial charge in [-0.05, 0) is 77.4 Å². The number of nitrogens with zero attached hydrogens (tertiary/aromatic N) is 2. The summed E-state index contributed by atoms with van der Waals surface area (Å²) in [6, 6.07) is 58.6. The fourth-order valence-electron chi connectivity index (χ4n) is 6.43. The molecule has 0 fully saturated rings. The van der Waals surface area contributed by atoms with Gasteiger partial charge in [-0.25, -0.2) is 4.98 Å². The Bertz CT molecular complexity index is 2510. The molecule has 0 unspecified atom stereocenters. The Morgan fingerprint density at radius 2 is 1.06 bits per heavy atom. The Morgan fingerprint density at radius 3 is 1.89 bits per heavy atom. The second-order valence-corrected chi connectivity index (χ2v) is 11.6. The van der Waals surface area contributed by atoms with Gasteiger partial charge in [0.15, 0.2) is 5.58 Å². The molecule has 0 aliphatic carbocycles. The molecule has 0 bridgehead atoms. The van der Waals surface area contributed by atoms with E-state index >= 15 is 0 Å². The zero-order valence-electron chi connectivity index (χ0n) is 25.4. The summed E-state index contributed by atoms with van der Waals surface area (Å²) in [6.45, 7) is 0. The number of fused-ring (bicyclic) bond motifs is 4. The van der Waals surface area contributed by atoms with Gasteiger partial charge in [-0.2, -0.15) is 0 Å². The van der Waals surface area contributed by atoms with Crippen molar-refractivity contribution < 1.29 is 8.83 Å². The molecular formula is C43H28N2O2. The zero-order chi connectivity index (χ0) is 31.2. The molecule has 9 aromatic rings. The van der Waals surface area contributed by atoms with Gasteiger partial charge in [0.2, 0.25) is 5.89 Å². The maximum Gasteiger partial charge on any atom is 0.227 e. The minimum atomic E-state index is 0.620. The Kier molecular flexibility index (Phi) is 6.43. The number of anilines is 3. The molecule has 0 spiro atoms. The first-order valence-electron chi connectivity index (χ1n) is 15.7. The van der Waals surface area contributed by atoms with E-state index in [0.717, 1.165) is 72.4 Å². The number of hydrogen-bond acceptors (Lipinski definition) is 4. The van der Waals surface area contributed by atoms with Gasteiger partial charge in [0.05, 0.1) is 0 Å². The average molecular weight is 605 g/mol. The van der Waals surface area contributed by atoms with Crippen LogP contribution in [0, 0.1) is 0 Å². The van der Waals surface area contributed by atoms with E-state index in [4.69, 9.17) is 13.8 Å². The van der Waals surface area contributed by atoms with Crippen molar-refractivity contribution in [3.05, 3.63) is 170 Å². The molecule has 222 valence electrons. The van der Waals surface area contributed by atoms with E-state index in [9.17, 15) is 0 Å². The van der Waals surface area contributed by atoms with E-state index in [2.05, 4.69) is 114 Å². The van der Waals surface area contributed by atoms with E-state index in [0.29, 0.717) is 5.89 Å². The smallest absolute Gasteiger partial charge is 0.227 e. The molecule has 0 atom stereocenters. The molecule has 4 heteroatoms. The number of benzene rings is 7. The topological polar surface area (TPSA) is 42.4 Å². The Hall–Kier alpha value is -6.39. The summed E-state index contributed by atoms with van der Waals surface area (Å²) >= 11 is 0. The van der Waals surface area contributed by atoms with Crippen LogP contribution in [0.4, 0.5) is 17.1 Å². The molecule has 0 radical (unpaired) electrons. The summed E-state index contributed by atoms with van der Waals surface area (Å²) < 4.78 is 12.7. The predicted octanol–water partition coefficient (Wildman–Crippen LogP) is 12.2. The standard InChI is InChI=1S/C43H28N2O2/c1-3-11-29(12-4-1)32-15-9-16-34(27-32)45(35-25-26-38-37-17-7-8-20-40(37)46-41(38)28-35)33-23-21-30(22-24-33)36-18-10-19-39-42(36)47-43(44-39)31-13-5-2-6-14-31/h1-28H. The number of oxazole rings is 1. The largest absolute Gasteiger partial charge is 0.456 e. The van der Waals surface area contributed by atoms with Gasteiger partial charge in [0.25, 0.3) is 0 Å². The highest BCUT2D eigenvalue weighted by atomic mass is 16.3. The molecule has 0 N–H and O–H groups in total. The maximum atomic E-state index is 6.35. The van der Waals surface area contributed by atoms with Gasteiger partial charge in [-0.3, -0.25) is 0 Å². The van der Waals surface area contributed by atoms with Crippen LogP contribution in [0.25, 0.3) is 66.7 Å². The van der Waals surface area contributed by atoms with Crippen LogP contribution >= 0.6 is 0 Å². The van der Waals surface area contributed by atoms with Gasteiger partial charge in [-0.1, -0.05) is 103 Å². The van der Waals surface area contributed by atoms with Crippen LogP contribution in [0.1, 0.15) is 0 Å². The fraction of sp³-hybridized carbons (Fsp3) is 0. The summed E-state index contributed by atoms with van der Waals surface area (Å²) in [4.78, 5) is 7.07. The van der Waals surface area contributed by atoms with Gasteiger partial charge < -0.3 is 13.7 Å². The van der Waals surface area contributed by atoms with Crippen LogP contribution in [0.2, 0.25) is 0 Å². The highest BCUT2D eigenvalue weighted by Gasteiger charge is 2.18. The van der Waals surface area contributed by atoms with Crippen molar-refractivity contribution in [2.24, 2.45) is 0 Å². The molecule has 2 heterocycles. The van der Waals surface area contributed by atoms with Crippen LogP contribution < -0.4 is 4.90 Å². The number of rotatable bonds is 6. The highest BCUT2D eigenvalue weighted by Crippen LogP contribution is 2.41. The number of furan rings is 1. The van der Waals surface area contributed by atoms with Gasteiger partial charge in [0.1, 0.15) is 16.7 Å². The van der Waals surface area contributed by atoms with E-state index in [1.165, 1.54) is 5.56 Å². The predicted molar refractivity (Wildman–Crippen MR) is 192 cm³/mol. The Balaban J connectivity index is 1.16. The summed E-state index contributed by atoms with van der Waals surface area (Å²) in [7, 11) is 0. The fourth-order valence-corrected chi connectivity index (χ4v) is 6.43. The van der Waals surface area contributed by atoms with Crippen molar-refractivity contribution in [2.75, 3.05) is 4.90 Å². The van der Waals surface area contributed by atoms with E-state index < -0.39 is 0 Å². The van der Waals surface area contributed by atoms with Crippen LogP contribution in [0.3, 0.4) is 0 Å². The third-order valence-corrected chi connectivity index (χ3v) is 8.70. The number of aromatic nitrogens is 1. The summed E-state index contributed by atoms with van der Waals surface area (Å²) in [5.74, 6) is 0.620. The van der Waals surface area contributed by atoms with Crippen molar-refractivity contribution in [1.82, 2.24) is 4.98 Å². The van der Waals surface area contributed by atoms with Crippen LogP contribution in [-0.2, 0) is 0 Å². The molecular weight excluding hydrogens is 576 g/mol. The van der Waals surface area contributed by atoms with E-state index in [1.807, 2.05) is 60.7 Å². The molecule has 9 rings (SSSR count).